The van der Waals surface area contributed by atoms with Crippen molar-refractivity contribution in [3.05, 3.63) is 6.92 Å². The van der Waals surface area contributed by atoms with Gasteiger partial charge in [0, 0.05) is 6.61 Å². The van der Waals surface area contributed by atoms with Gasteiger partial charge in [-0.1, -0.05) is 13.8 Å². The second kappa shape index (κ2) is 4.73. The first-order valence-electron chi connectivity index (χ1n) is 4.31. The van der Waals surface area contributed by atoms with Crippen LogP contribution in [-0.4, -0.2) is 25.9 Å². The van der Waals surface area contributed by atoms with Gasteiger partial charge in [0.1, 0.15) is 6.10 Å². The van der Waals surface area contributed by atoms with Crippen LogP contribution in [0, 0.1) is 12.8 Å². The van der Waals surface area contributed by atoms with E-state index in [4.69, 9.17) is 9.47 Å². The molecule has 0 aromatic rings. The minimum absolute atomic E-state index is 0.409. The molecule has 0 N–H and O–H groups in total. The van der Waals surface area contributed by atoms with E-state index in [1.807, 2.05) is 0 Å². The molecular weight excluding hydrogens is 140 g/mol. The molecule has 0 saturated carbocycles. The Hall–Kier alpha value is -0.0800. The van der Waals surface area contributed by atoms with Crippen molar-refractivity contribution in [1.29, 1.82) is 0 Å². The van der Waals surface area contributed by atoms with Gasteiger partial charge in [0.15, 0.2) is 0 Å². The van der Waals surface area contributed by atoms with E-state index in [2.05, 4.69) is 13.8 Å². The van der Waals surface area contributed by atoms with Gasteiger partial charge >= 0.3 is 0 Å². The average molecular weight is 157 g/mol. The van der Waals surface area contributed by atoms with Gasteiger partial charge in [0.2, 0.25) is 0 Å². The van der Waals surface area contributed by atoms with E-state index in [1.165, 1.54) is 0 Å². The number of ether oxygens (including phenoxy) is 2. The van der Waals surface area contributed by atoms with E-state index in [9.17, 15) is 0 Å². The van der Waals surface area contributed by atoms with Crippen LogP contribution in [0.3, 0.4) is 0 Å². The molecule has 1 aliphatic heterocycles. The monoisotopic (exact) mass is 157 g/mol. The van der Waals surface area contributed by atoms with E-state index in [1.54, 1.807) is 0 Å². The van der Waals surface area contributed by atoms with Crippen molar-refractivity contribution in [3.8, 4) is 0 Å². The first-order valence-corrected chi connectivity index (χ1v) is 4.31. The van der Waals surface area contributed by atoms with E-state index < -0.39 is 0 Å². The third kappa shape index (κ3) is 5.22. The molecule has 0 aromatic carbocycles. The second-order valence-corrected chi connectivity index (χ2v) is 3.28. The maximum absolute atomic E-state index is 5.36. The Morgan fingerprint density at radius 2 is 2.45 bits per heavy atom. The minimum atomic E-state index is 0.409. The van der Waals surface area contributed by atoms with Crippen molar-refractivity contribution in [2.45, 2.75) is 25.9 Å². The van der Waals surface area contributed by atoms with Gasteiger partial charge in [-0.05, 0) is 18.8 Å². The summed E-state index contributed by atoms with van der Waals surface area (Å²) in [4.78, 5) is 0. The van der Waals surface area contributed by atoms with Crippen LogP contribution in [0.2, 0.25) is 0 Å². The van der Waals surface area contributed by atoms with Crippen molar-refractivity contribution >= 4 is 0 Å². The summed E-state index contributed by atoms with van der Waals surface area (Å²) in [5.41, 5.74) is 0. The van der Waals surface area contributed by atoms with Gasteiger partial charge < -0.3 is 9.47 Å². The van der Waals surface area contributed by atoms with Gasteiger partial charge in [-0.25, -0.2) is 0 Å². The smallest absolute Gasteiger partial charge is 0.104 e. The highest BCUT2D eigenvalue weighted by molar-refractivity contribution is 4.67. The SMILES string of the molecule is [CH2]C(C)CCCOCC1CO1. The number of hydrogen-bond donors (Lipinski definition) is 0. The Balaban J connectivity index is 1.73. The molecule has 2 unspecified atom stereocenters. The third-order valence-electron chi connectivity index (χ3n) is 1.69. The second-order valence-electron chi connectivity index (χ2n) is 3.28. The Kier molecular flexibility index (Phi) is 3.87. The zero-order chi connectivity index (χ0) is 8.10. The Labute approximate surface area is 68.9 Å². The predicted molar refractivity (Wildman–Crippen MR) is 44.3 cm³/mol. The van der Waals surface area contributed by atoms with Crippen molar-refractivity contribution in [2.75, 3.05) is 19.8 Å². The highest BCUT2D eigenvalue weighted by atomic mass is 16.6. The molecule has 0 aliphatic carbocycles. The van der Waals surface area contributed by atoms with Crippen molar-refractivity contribution in [1.82, 2.24) is 0 Å². The summed E-state index contributed by atoms with van der Waals surface area (Å²) in [6.07, 6.45) is 2.69. The molecule has 1 rings (SSSR count). The highest BCUT2D eigenvalue weighted by Gasteiger charge is 2.21. The number of rotatable bonds is 6. The molecule has 1 fully saturated rings. The third-order valence-corrected chi connectivity index (χ3v) is 1.69. The quantitative estimate of drug-likeness (QED) is 0.432. The van der Waals surface area contributed by atoms with Crippen LogP contribution in [0.4, 0.5) is 0 Å². The zero-order valence-corrected chi connectivity index (χ0v) is 7.21. The van der Waals surface area contributed by atoms with Gasteiger partial charge in [-0.3, -0.25) is 0 Å². The topological polar surface area (TPSA) is 21.8 Å². The van der Waals surface area contributed by atoms with Crippen LogP contribution in [0.15, 0.2) is 0 Å². The van der Waals surface area contributed by atoms with Gasteiger partial charge in [-0.15, -0.1) is 0 Å². The average Bonchev–Trinajstić information content (AvgIpc) is 2.70. The summed E-state index contributed by atoms with van der Waals surface area (Å²) in [7, 11) is 0. The first kappa shape index (κ1) is 9.01. The molecule has 2 atom stereocenters. The van der Waals surface area contributed by atoms with E-state index in [0.29, 0.717) is 12.0 Å². The van der Waals surface area contributed by atoms with E-state index >= 15 is 0 Å². The molecule has 11 heavy (non-hydrogen) atoms. The van der Waals surface area contributed by atoms with Gasteiger partial charge in [0.25, 0.3) is 0 Å². The van der Waals surface area contributed by atoms with E-state index in [0.717, 1.165) is 32.7 Å². The molecule has 0 aromatic heterocycles. The Bertz CT molecular complexity index is 93.7. The lowest BCUT2D eigenvalue weighted by molar-refractivity contribution is 0.112. The summed E-state index contributed by atoms with van der Waals surface area (Å²) in [6.45, 7) is 8.57. The summed E-state index contributed by atoms with van der Waals surface area (Å²) in [6, 6.07) is 0. The summed E-state index contributed by atoms with van der Waals surface area (Å²) >= 11 is 0. The maximum atomic E-state index is 5.36. The zero-order valence-electron chi connectivity index (χ0n) is 7.21. The Morgan fingerprint density at radius 3 is 3.00 bits per heavy atom. The normalized spacial score (nSPS) is 22.6. The molecule has 2 nitrogen and oxygen atoms in total. The molecule has 0 amide bonds. The lowest BCUT2D eigenvalue weighted by Gasteiger charge is -2.03. The minimum Gasteiger partial charge on any atom is -0.379 e. The van der Waals surface area contributed by atoms with Crippen molar-refractivity contribution < 1.29 is 9.47 Å². The molecule has 1 aliphatic rings. The van der Waals surface area contributed by atoms with Gasteiger partial charge in [0.05, 0.1) is 13.2 Å². The first-order chi connectivity index (χ1) is 5.29. The molecule has 1 saturated heterocycles. The fourth-order valence-corrected chi connectivity index (χ4v) is 0.913. The Morgan fingerprint density at radius 1 is 1.73 bits per heavy atom. The predicted octanol–water partition coefficient (Wildman–Crippen LogP) is 1.65. The van der Waals surface area contributed by atoms with Gasteiger partial charge in [-0.2, -0.15) is 0 Å². The molecule has 1 radical (unpaired) electrons. The van der Waals surface area contributed by atoms with Crippen LogP contribution in [0.1, 0.15) is 19.8 Å². The lowest BCUT2D eigenvalue weighted by Crippen LogP contribution is -2.03. The lowest BCUT2D eigenvalue weighted by atomic mass is 10.1. The van der Waals surface area contributed by atoms with Crippen LogP contribution < -0.4 is 0 Å². The standard InChI is InChI=1S/C9H17O2/c1-8(2)4-3-5-10-6-9-7-11-9/h8-9H,1,3-7H2,2H3. The van der Waals surface area contributed by atoms with Crippen molar-refractivity contribution in [2.24, 2.45) is 5.92 Å². The molecule has 0 spiro atoms. The van der Waals surface area contributed by atoms with E-state index in [-0.39, 0.29) is 0 Å². The summed E-state index contributed by atoms with van der Waals surface area (Å²) in [5.74, 6) is 0.552. The molecule has 2 heteroatoms. The maximum Gasteiger partial charge on any atom is 0.104 e. The number of hydrogen-bond acceptors (Lipinski definition) is 2. The molecular formula is C9H17O2. The van der Waals surface area contributed by atoms with Crippen molar-refractivity contribution in [3.63, 3.8) is 0 Å². The summed E-state index contributed by atoms with van der Waals surface area (Å²) < 4.78 is 10.4. The molecule has 1 heterocycles. The molecule has 0 bridgehead atoms. The number of epoxide rings is 1. The van der Waals surface area contributed by atoms with Crippen LogP contribution in [-0.2, 0) is 9.47 Å². The highest BCUT2D eigenvalue weighted by Crippen LogP contribution is 2.09. The summed E-state index contributed by atoms with van der Waals surface area (Å²) in [5, 5.41) is 0. The van der Waals surface area contributed by atoms with Crippen LogP contribution >= 0.6 is 0 Å². The van der Waals surface area contributed by atoms with Crippen LogP contribution in [0.25, 0.3) is 0 Å². The van der Waals surface area contributed by atoms with Crippen LogP contribution in [0.5, 0.6) is 0 Å². The largest absolute Gasteiger partial charge is 0.379 e. The fourth-order valence-electron chi connectivity index (χ4n) is 0.913. The molecule has 65 valence electrons. The fraction of sp³-hybridized carbons (Fsp3) is 0.889.